The largest absolute Gasteiger partial charge is 0.508 e. The third kappa shape index (κ3) is 2.93. The van der Waals surface area contributed by atoms with Gasteiger partial charge in [-0.25, -0.2) is 0 Å². The van der Waals surface area contributed by atoms with E-state index in [-0.39, 0.29) is 16.7 Å². The molecular weight excluding hydrogens is 446 g/mol. The van der Waals surface area contributed by atoms with Gasteiger partial charge in [0.15, 0.2) is 0 Å². The van der Waals surface area contributed by atoms with Gasteiger partial charge in [0.2, 0.25) is 0 Å². The molecule has 4 fully saturated rings. The molecule has 0 radical (unpaired) electrons. The van der Waals surface area contributed by atoms with Crippen LogP contribution in [0.4, 0.5) is 0 Å². The van der Waals surface area contributed by atoms with Crippen molar-refractivity contribution >= 4 is 5.91 Å². The van der Waals surface area contributed by atoms with Crippen molar-refractivity contribution in [1.29, 1.82) is 0 Å². The van der Waals surface area contributed by atoms with E-state index >= 15 is 0 Å². The van der Waals surface area contributed by atoms with E-state index in [4.69, 9.17) is 0 Å². The summed E-state index contributed by atoms with van der Waals surface area (Å²) < 4.78 is 0. The fourth-order valence-electron chi connectivity index (χ4n) is 9.93. The van der Waals surface area contributed by atoms with Gasteiger partial charge in [-0.05, 0) is 125 Å². The Morgan fingerprint density at radius 3 is 2.78 bits per heavy atom. The van der Waals surface area contributed by atoms with E-state index in [0.717, 1.165) is 44.5 Å². The molecule has 190 valence electrons. The van der Waals surface area contributed by atoms with Crippen molar-refractivity contribution in [2.75, 3.05) is 40.3 Å². The highest BCUT2D eigenvalue weighted by Gasteiger charge is 2.76. The number of rotatable bonds is 5. The van der Waals surface area contributed by atoms with Gasteiger partial charge in [0.25, 0.3) is 5.91 Å². The van der Waals surface area contributed by atoms with E-state index in [2.05, 4.69) is 40.9 Å². The molecule has 2 aliphatic heterocycles. The summed E-state index contributed by atoms with van der Waals surface area (Å²) in [7, 11) is 4.34. The van der Waals surface area contributed by atoms with Crippen LogP contribution in [0.15, 0.2) is 48.5 Å². The number of phenolic OH excluding ortho intramolecular Hbond substituents is 1. The number of aromatic hydroxyl groups is 1. The minimum Gasteiger partial charge on any atom is -0.508 e. The molecule has 1 N–H and O–H groups in total. The molecule has 4 bridgehead atoms. The Labute approximate surface area is 215 Å². The molecule has 5 heteroatoms. The van der Waals surface area contributed by atoms with E-state index < -0.39 is 0 Å². The molecule has 2 saturated carbocycles. The van der Waals surface area contributed by atoms with Crippen molar-refractivity contribution in [3.05, 3.63) is 65.2 Å². The second-order valence-corrected chi connectivity index (χ2v) is 12.6. The molecule has 0 unspecified atom stereocenters. The summed E-state index contributed by atoms with van der Waals surface area (Å²) in [6.07, 6.45) is 7.04. The summed E-state index contributed by atoms with van der Waals surface area (Å²) in [4.78, 5) is 21.1. The number of hydrogen-bond acceptors (Lipinski definition) is 4. The van der Waals surface area contributed by atoms with E-state index in [1.807, 2.05) is 36.4 Å². The molecule has 2 heterocycles. The zero-order valence-electron chi connectivity index (χ0n) is 21.7. The SMILES string of the molecule is CN(C)CCCN1CC[C@@]23c4cc(O)ccc4C[C@@H]1[C@]21CC[C@@H]2[C@H]3[C@@H](CN2C(=O)c2ccccc2)C1. The van der Waals surface area contributed by atoms with E-state index in [0.29, 0.717) is 29.7 Å². The highest BCUT2D eigenvalue weighted by Crippen LogP contribution is 2.75. The normalized spacial score (nSPS) is 36.1. The van der Waals surface area contributed by atoms with Gasteiger partial charge in [-0.2, -0.15) is 0 Å². The van der Waals surface area contributed by atoms with Crippen LogP contribution in [0.5, 0.6) is 5.75 Å². The molecule has 0 spiro atoms. The predicted molar refractivity (Wildman–Crippen MR) is 141 cm³/mol. The van der Waals surface area contributed by atoms with Crippen LogP contribution in [0.25, 0.3) is 0 Å². The maximum atomic E-state index is 13.7. The lowest BCUT2D eigenvalue weighted by Crippen LogP contribution is -2.69. The summed E-state index contributed by atoms with van der Waals surface area (Å²) in [5, 5.41) is 10.6. The van der Waals surface area contributed by atoms with Crippen LogP contribution in [0.3, 0.4) is 0 Å². The number of carbonyl (C=O) groups is 1. The topological polar surface area (TPSA) is 47.0 Å². The molecule has 2 aromatic carbocycles. The van der Waals surface area contributed by atoms with Gasteiger partial charge in [0.05, 0.1) is 0 Å². The fourth-order valence-corrected chi connectivity index (χ4v) is 9.93. The second-order valence-electron chi connectivity index (χ2n) is 12.6. The maximum absolute atomic E-state index is 13.7. The van der Waals surface area contributed by atoms with Crippen LogP contribution in [-0.2, 0) is 11.8 Å². The van der Waals surface area contributed by atoms with Gasteiger partial charge in [-0.1, -0.05) is 24.3 Å². The number of fused-ring (bicyclic) bond motifs is 1. The molecule has 5 nitrogen and oxygen atoms in total. The predicted octanol–water partition coefficient (Wildman–Crippen LogP) is 4.15. The summed E-state index contributed by atoms with van der Waals surface area (Å²) in [6, 6.07) is 17.0. The van der Waals surface area contributed by atoms with Crippen molar-refractivity contribution < 1.29 is 9.90 Å². The zero-order chi connectivity index (χ0) is 24.7. The number of likely N-dealkylation sites (tertiary alicyclic amines) is 2. The highest BCUT2D eigenvalue weighted by atomic mass is 16.3. The Morgan fingerprint density at radius 1 is 1.14 bits per heavy atom. The van der Waals surface area contributed by atoms with Crippen molar-refractivity contribution in [2.45, 2.75) is 56.0 Å². The molecule has 3 aliphatic carbocycles. The smallest absolute Gasteiger partial charge is 0.254 e. The van der Waals surface area contributed by atoms with E-state index in [1.54, 1.807) is 0 Å². The van der Waals surface area contributed by atoms with Crippen LogP contribution in [0, 0.1) is 17.3 Å². The van der Waals surface area contributed by atoms with Crippen molar-refractivity contribution in [3.63, 3.8) is 0 Å². The molecule has 2 aromatic rings. The van der Waals surface area contributed by atoms with Crippen molar-refractivity contribution in [1.82, 2.24) is 14.7 Å². The number of amides is 1. The maximum Gasteiger partial charge on any atom is 0.254 e. The summed E-state index contributed by atoms with van der Waals surface area (Å²) >= 11 is 0. The van der Waals surface area contributed by atoms with Crippen LogP contribution in [0.2, 0.25) is 0 Å². The Morgan fingerprint density at radius 2 is 1.97 bits per heavy atom. The number of piperidine rings is 1. The van der Waals surface area contributed by atoms with Crippen LogP contribution in [-0.4, -0.2) is 78.1 Å². The van der Waals surface area contributed by atoms with Gasteiger partial charge in [0, 0.05) is 29.6 Å². The first-order chi connectivity index (χ1) is 17.4. The Bertz CT molecular complexity index is 1180. The monoisotopic (exact) mass is 485 g/mol. The molecule has 5 aliphatic rings. The Kier molecular flexibility index (Phi) is 5.11. The zero-order valence-corrected chi connectivity index (χ0v) is 21.7. The first kappa shape index (κ1) is 22.8. The lowest BCUT2D eigenvalue weighted by Gasteiger charge is -2.66. The van der Waals surface area contributed by atoms with Crippen LogP contribution in [0.1, 0.15) is 53.6 Å². The van der Waals surface area contributed by atoms with Gasteiger partial charge in [-0.3, -0.25) is 9.69 Å². The quantitative estimate of drug-likeness (QED) is 0.691. The second kappa shape index (κ2) is 8.06. The van der Waals surface area contributed by atoms with E-state index in [1.165, 1.54) is 36.9 Å². The lowest BCUT2D eigenvalue weighted by molar-refractivity contribution is -0.101. The molecular formula is C31H39N3O2. The number of phenols is 1. The standard InChI is InChI=1S/C31H39N3O2/c1-32(2)14-6-15-33-16-13-31-25-18-24(35)10-9-22(25)17-27(33)30(31)12-11-26-28(31)23(19-30)20-34(26)29(36)21-7-4-3-5-8-21/h3-5,7-10,18,23,26-28,35H,6,11-17,19-20H2,1-2H3/t23-,26-,27-,28-,30-,31+/m1/s1. The van der Waals surface area contributed by atoms with Crippen LogP contribution >= 0.6 is 0 Å². The first-order valence-electron chi connectivity index (χ1n) is 14.0. The Balaban J connectivity index is 1.29. The number of benzene rings is 2. The average Bonchev–Trinajstić information content (AvgIpc) is 3.32. The van der Waals surface area contributed by atoms with Crippen LogP contribution < -0.4 is 0 Å². The minimum absolute atomic E-state index is 0.0847. The molecule has 2 saturated heterocycles. The third-order valence-corrected chi connectivity index (χ3v) is 10.9. The van der Waals surface area contributed by atoms with Gasteiger partial charge < -0.3 is 14.9 Å². The van der Waals surface area contributed by atoms with Gasteiger partial charge in [-0.15, -0.1) is 0 Å². The van der Waals surface area contributed by atoms with Gasteiger partial charge in [0.1, 0.15) is 5.75 Å². The fraction of sp³-hybridized carbons (Fsp3) is 0.581. The lowest BCUT2D eigenvalue weighted by atomic mass is 9.43. The molecule has 0 aromatic heterocycles. The van der Waals surface area contributed by atoms with Crippen molar-refractivity contribution in [2.24, 2.45) is 17.3 Å². The van der Waals surface area contributed by atoms with Gasteiger partial charge >= 0.3 is 0 Å². The number of nitrogens with zero attached hydrogens (tertiary/aromatic N) is 3. The Hall–Kier alpha value is -2.37. The first-order valence-corrected chi connectivity index (χ1v) is 14.0. The van der Waals surface area contributed by atoms with E-state index in [9.17, 15) is 9.90 Å². The minimum atomic E-state index is 0.0847. The average molecular weight is 486 g/mol. The molecule has 6 atom stereocenters. The highest BCUT2D eigenvalue weighted by molar-refractivity contribution is 5.94. The molecule has 1 amide bonds. The number of carbonyl (C=O) groups excluding carboxylic acids is 1. The summed E-state index contributed by atoms with van der Waals surface area (Å²) in [5.74, 6) is 1.68. The van der Waals surface area contributed by atoms with Crippen molar-refractivity contribution in [3.8, 4) is 5.75 Å². The molecule has 7 rings (SSSR count). The molecule has 36 heavy (non-hydrogen) atoms. The summed E-state index contributed by atoms with van der Waals surface area (Å²) in [6.45, 7) is 4.34. The summed E-state index contributed by atoms with van der Waals surface area (Å²) in [5.41, 5.74) is 4.05. The number of hydrogen-bond donors (Lipinski definition) is 1. The third-order valence-electron chi connectivity index (χ3n) is 10.9.